The second-order valence-electron chi connectivity index (χ2n) is 6.53. The van der Waals surface area contributed by atoms with E-state index in [1.54, 1.807) is 25.1 Å². The molecule has 2 heterocycles. The smallest absolute Gasteiger partial charge is 0.265 e. The molecule has 1 N–H and O–H groups in total. The lowest BCUT2D eigenvalue weighted by molar-refractivity contribution is 0.402. The van der Waals surface area contributed by atoms with Crippen LogP contribution in [0, 0.1) is 6.92 Å². The molecule has 0 radical (unpaired) electrons. The Morgan fingerprint density at radius 2 is 1.86 bits per heavy atom. The summed E-state index contributed by atoms with van der Waals surface area (Å²) in [6, 6.07) is 15.8. The van der Waals surface area contributed by atoms with E-state index in [1.165, 1.54) is 13.2 Å². The maximum atomic E-state index is 12.9. The molecule has 0 saturated heterocycles. The molecule has 0 spiro atoms. The third kappa shape index (κ3) is 3.79. The molecule has 0 fully saturated rings. The highest BCUT2D eigenvalue weighted by atomic mass is 35.5. The number of halogens is 1. The zero-order valence-corrected chi connectivity index (χ0v) is 17.3. The largest absolute Gasteiger partial charge is 0.495 e. The molecule has 2 aromatic carbocycles. The third-order valence-corrected chi connectivity index (χ3v) is 6.34. The summed E-state index contributed by atoms with van der Waals surface area (Å²) in [6.07, 6.45) is 3.85. The molecule has 2 aromatic heterocycles. The van der Waals surface area contributed by atoms with E-state index >= 15 is 0 Å². The van der Waals surface area contributed by atoms with Gasteiger partial charge in [-0.25, -0.2) is 13.4 Å². The second kappa shape index (κ2) is 7.42. The second-order valence-corrected chi connectivity index (χ2v) is 8.59. The quantitative estimate of drug-likeness (QED) is 0.497. The number of hydrogen-bond donors (Lipinski definition) is 1. The van der Waals surface area contributed by atoms with Crippen molar-refractivity contribution >= 4 is 33.0 Å². The maximum absolute atomic E-state index is 12.9. The minimum Gasteiger partial charge on any atom is -0.495 e. The summed E-state index contributed by atoms with van der Waals surface area (Å²) in [6.45, 7) is 1.78. The van der Waals surface area contributed by atoms with E-state index in [9.17, 15) is 8.42 Å². The van der Waals surface area contributed by atoms with E-state index in [1.807, 2.05) is 47.1 Å². The maximum Gasteiger partial charge on any atom is 0.265 e. The van der Waals surface area contributed by atoms with Crippen LogP contribution in [-0.4, -0.2) is 24.9 Å². The lowest BCUT2D eigenvalue weighted by Gasteiger charge is -2.13. The number of methoxy groups -OCH3 is 1. The van der Waals surface area contributed by atoms with E-state index in [0.717, 1.165) is 22.5 Å². The molecule has 4 aromatic rings. The minimum absolute atomic E-state index is 0.0139. The molecule has 0 aliphatic heterocycles. The number of fused-ring (bicyclic) bond motifs is 1. The lowest BCUT2D eigenvalue weighted by atomic mass is 10.1. The van der Waals surface area contributed by atoms with Gasteiger partial charge in [0.2, 0.25) is 0 Å². The summed E-state index contributed by atoms with van der Waals surface area (Å²) < 4.78 is 35.4. The highest BCUT2D eigenvalue weighted by Crippen LogP contribution is 2.31. The summed E-state index contributed by atoms with van der Waals surface area (Å²) in [5, 5.41) is 0.355. The predicted molar refractivity (Wildman–Crippen MR) is 114 cm³/mol. The van der Waals surface area contributed by atoms with Crippen molar-refractivity contribution < 1.29 is 13.2 Å². The molecule has 0 aliphatic carbocycles. The van der Waals surface area contributed by atoms with Crippen LogP contribution in [-0.2, 0) is 10.0 Å². The van der Waals surface area contributed by atoms with Gasteiger partial charge in [0.1, 0.15) is 16.3 Å². The van der Waals surface area contributed by atoms with Crippen LogP contribution in [0.15, 0.2) is 71.9 Å². The van der Waals surface area contributed by atoms with Crippen LogP contribution < -0.4 is 9.46 Å². The molecule has 6 nitrogen and oxygen atoms in total. The van der Waals surface area contributed by atoms with Crippen molar-refractivity contribution in [3.63, 3.8) is 0 Å². The number of rotatable bonds is 5. The van der Waals surface area contributed by atoms with Crippen LogP contribution >= 0.6 is 11.6 Å². The van der Waals surface area contributed by atoms with E-state index in [0.29, 0.717) is 10.7 Å². The number of ether oxygens (including phenoxy) is 1. The Labute approximate surface area is 173 Å². The molecule has 0 atom stereocenters. The van der Waals surface area contributed by atoms with Gasteiger partial charge in [0, 0.05) is 28.7 Å². The van der Waals surface area contributed by atoms with Crippen LogP contribution in [0.3, 0.4) is 0 Å². The number of aryl methyl sites for hydroxylation is 1. The fourth-order valence-corrected chi connectivity index (χ4v) is 4.46. The Hall–Kier alpha value is -3.03. The average molecular weight is 428 g/mol. The third-order valence-electron chi connectivity index (χ3n) is 4.53. The first-order valence-corrected chi connectivity index (χ1v) is 10.6. The molecule has 0 saturated carbocycles. The molecular weight excluding hydrogens is 410 g/mol. The first-order valence-electron chi connectivity index (χ1n) is 8.78. The highest BCUT2D eigenvalue weighted by Gasteiger charge is 2.21. The van der Waals surface area contributed by atoms with Crippen molar-refractivity contribution in [1.29, 1.82) is 0 Å². The molecule has 29 heavy (non-hydrogen) atoms. The number of sulfonamides is 1. The number of imidazole rings is 1. The number of hydrogen-bond acceptors (Lipinski definition) is 4. The van der Waals surface area contributed by atoms with Gasteiger partial charge < -0.3 is 9.14 Å². The monoisotopic (exact) mass is 427 g/mol. The normalized spacial score (nSPS) is 11.6. The zero-order chi connectivity index (χ0) is 20.6. The number of anilines is 1. The fraction of sp³-hybridized carbons (Fsp3) is 0.0952. The van der Waals surface area contributed by atoms with Crippen molar-refractivity contribution in [1.82, 2.24) is 9.38 Å². The molecule has 4 rings (SSSR count). The minimum atomic E-state index is -3.87. The molecule has 0 unspecified atom stereocenters. The van der Waals surface area contributed by atoms with Gasteiger partial charge in [-0.15, -0.1) is 0 Å². The van der Waals surface area contributed by atoms with Crippen molar-refractivity contribution in [2.24, 2.45) is 0 Å². The average Bonchev–Trinajstić information content (AvgIpc) is 3.14. The standard InChI is InChI=1S/C21H18ClN3O3S/c1-14-11-19(28-2)20(12-17(14)22)29(26,27)24-16-8-6-15(7-9-16)18-13-25-10-4-3-5-21(25)23-18/h3-13,24H,1-2H3. The first kappa shape index (κ1) is 19.3. The summed E-state index contributed by atoms with van der Waals surface area (Å²) in [4.78, 5) is 4.55. The van der Waals surface area contributed by atoms with Gasteiger partial charge in [-0.1, -0.05) is 29.8 Å². The summed E-state index contributed by atoms with van der Waals surface area (Å²) in [7, 11) is -2.45. The molecule has 0 aliphatic rings. The number of nitrogens with one attached hydrogen (secondary N) is 1. The number of aromatic nitrogens is 2. The lowest BCUT2D eigenvalue weighted by Crippen LogP contribution is -2.14. The Morgan fingerprint density at radius 1 is 1.10 bits per heavy atom. The van der Waals surface area contributed by atoms with Crippen LogP contribution in [0.1, 0.15) is 5.56 Å². The predicted octanol–water partition coefficient (Wildman–Crippen LogP) is 4.77. The van der Waals surface area contributed by atoms with Crippen LogP contribution in [0.2, 0.25) is 5.02 Å². The van der Waals surface area contributed by atoms with Gasteiger partial charge in [0.15, 0.2) is 0 Å². The van der Waals surface area contributed by atoms with Gasteiger partial charge in [0.25, 0.3) is 10.0 Å². The number of nitrogens with zero attached hydrogens (tertiary/aromatic N) is 2. The van der Waals surface area contributed by atoms with Gasteiger partial charge >= 0.3 is 0 Å². The molecule has 0 amide bonds. The summed E-state index contributed by atoms with van der Waals surface area (Å²) in [5.74, 6) is 0.237. The zero-order valence-electron chi connectivity index (χ0n) is 15.8. The summed E-state index contributed by atoms with van der Waals surface area (Å²) >= 11 is 6.12. The van der Waals surface area contributed by atoms with E-state index in [-0.39, 0.29) is 10.6 Å². The molecule has 148 valence electrons. The van der Waals surface area contributed by atoms with Gasteiger partial charge in [-0.05, 0) is 48.9 Å². The topological polar surface area (TPSA) is 72.7 Å². The van der Waals surface area contributed by atoms with E-state index < -0.39 is 10.0 Å². The summed E-state index contributed by atoms with van der Waals surface area (Å²) in [5.41, 5.74) is 3.69. The van der Waals surface area contributed by atoms with Crippen LogP contribution in [0.25, 0.3) is 16.9 Å². The van der Waals surface area contributed by atoms with Gasteiger partial charge in [-0.2, -0.15) is 0 Å². The van der Waals surface area contributed by atoms with Crippen molar-refractivity contribution in [3.05, 3.63) is 77.6 Å². The Balaban J connectivity index is 1.62. The Morgan fingerprint density at radius 3 is 2.55 bits per heavy atom. The Kier molecular flexibility index (Phi) is 4.94. The van der Waals surface area contributed by atoms with Crippen molar-refractivity contribution in [3.8, 4) is 17.0 Å². The van der Waals surface area contributed by atoms with Crippen LogP contribution in [0.5, 0.6) is 5.75 Å². The fourth-order valence-electron chi connectivity index (χ4n) is 3.00. The highest BCUT2D eigenvalue weighted by molar-refractivity contribution is 7.92. The van der Waals surface area contributed by atoms with Crippen LogP contribution in [0.4, 0.5) is 5.69 Å². The van der Waals surface area contributed by atoms with Crippen molar-refractivity contribution in [2.75, 3.05) is 11.8 Å². The molecule has 8 heteroatoms. The van der Waals surface area contributed by atoms with E-state index in [4.69, 9.17) is 16.3 Å². The van der Waals surface area contributed by atoms with Gasteiger partial charge in [-0.3, -0.25) is 4.72 Å². The van der Waals surface area contributed by atoms with Crippen molar-refractivity contribution in [2.45, 2.75) is 11.8 Å². The molecular formula is C21H18ClN3O3S. The number of pyridine rings is 1. The SMILES string of the molecule is COc1cc(C)c(Cl)cc1S(=O)(=O)Nc1ccc(-c2cn3ccccc3n2)cc1. The van der Waals surface area contributed by atoms with Gasteiger partial charge in [0.05, 0.1) is 12.8 Å². The number of benzene rings is 2. The Bertz CT molecular complexity index is 1270. The first-order chi connectivity index (χ1) is 13.9. The molecule has 0 bridgehead atoms. The van der Waals surface area contributed by atoms with E-state index in [2.05, 4.69) is 9.71 Å².